The van der Waals surface area contributed by atoms with E-state index >= 15 is 0 Å². The number of carbonyl (C=O) groups excluding carboxylic acids is 2. The smallest absolute Gasteiger partial charge is 0.221 e. The van der Waals surface area contributed by atoms with Crippen LogP contribution in [0.15, 0.2) is 24.3 Å². The predicted octanol–water partition coefficient (Wildman–Crippen LogP) is 2.05. The first kappa shape index (κ1) is 17.9. The molecule has 1 fully saturated rings. The summed E-state index contributed by atoms with van der Waals surface area (Å²) in [5.74, 6) is 1.03. The van der Waals surface area contributed by atoms with E-state index in [9.17, 15) is 9.59 Å². The van der Waals surface area contributed by atoms with Crippen molar-refractivity contribution in [2.45, 2.75) is 51.5 Å². The van der Waals surface area contributed by atoms with Gasteiger partial charge in [0.25, 0.3) is 0 Å². The second-order valence-electron chi connectivity index (χ2n) is 6.60. The number of aromatic nitrogens is 4. The SMILES string of the molecule is CC(=O)Nc1cccc(-c2nnc([C@H]3CCC[C@@H](NC(C)=O)C3)nn2)c1. The highest BCUT2D eigenvalue weighted by atomic mass is 16.2. The molecule has 2 N–H and O–H groups in total. The first-order valence-electron chi connectivity index (χ1n) is 8.73. The van der Waals surface area contributed by atoms with E-state index in [0.29, 0.717) is 17.3 Å². The topological polar surface area (TPSA) is 110 Å². The van der Waals surface area contributed by atoms with Gasteiger partial charge in [0.2, 0.25) is 17.6 Å². The molecule has 1 heterocycles. The quantitative estimate of drug-likeness (QED) is 0.869. The van der Waals surface area contributed by atoms with Crippen molar-refractivity contribution in [3.05, 3.63) is 30.1 Å². The van der Waals surface area contributed by atoms with Gasteiger partial charge in [0.05, 0.1) is 0 Å². The normalized spacial score (nSPS) is 19.6. The Morgan fingerprint density at radius 2 is 1.81 bits per heavy atom. The number of benzene rings is 1. The first-order chi connectivity index (χ1) is 12.5. The Morgan fingerprint density at radius 3 is 2.50 bits per heavy atom. The van der Waals surface area contributed by atoms with Gasteiger partial charge < -0.3 is 10.6 Å². The Bertz CT molecular complexity index is 793. The molecular formula is C18H22N6O2. The van der Waals surface area contributed by atoms with Crippen LogP contribution in [-0.4, -0.2) is 38.3 Å². The molecule has 0 unspecified atom stereocenters. The van der Waals surface area contributed by atoms with Crippen LogP contribution in [0.4, 0.5) is 5.69 Å². The van der Waals surface area contributed by atoms with Gasteiger partial charge in [0, 0.05) is 37.1 Å². The third-order valence-electron chi connectivity index (χ3n) is 4.38. The molecule has 1 saturated carbocycles. The Morgan fingerprint density at radius 1 is 1.04 bits per heavy atom. The van der Waals surface area contributed by atoms with E-state index in [1.165, 1.54) is 13.8 Å². The van der Waals surface area contributed by atoms with Crippen LogP contribution in [0.5, 0.6) is 0 Å². The van der Waals surface area contributed by atoms with Crippen molar-refractivity contribution < 1.29 is 9.59 Å². The van der Waals surface area contributed by atoms with E-state index in [4.69, 9.17) is 0 Å². The monoisotopic (exact) mass is 354 g/mol. The van der Waals surface area contributed by atoms with Crippen LogP contribution in [0, 0.1) is 0 Å². The molecule has 26 heavy (non-hydrogen) atoms. The number of rotatable bonds is 4. The Labute approximate surface area is 151 Å². The molecular weight excluding hydrogens is 332 g/mol. The van der Waals surface area contributed by atoms with Crippen LogP contribution < -0.4 is 10.6 Å². The minimum Gasteiger partial charge on any atom is -0.354 e. The number of amides is 2. The molecule has 0 bridgehead atoms. The Balaban J connectivity index is 1.72. The van der Waals surface area contributed by atoms with Crippen molar-refractivity contribution >= 4 is 17.5 Å². The lowest BCUT2D eigenvalue weighted by Gasteiger charge is -2.28. The molecule has 0 aliphatic heterocycles. The zero-order chi connectivity index (χ0) is 18.5. The summed E-state index contributed by atoms with van der Waals surface area (Å²) in [6.45, 7) is 2.99. The molecule has 0 radical (unpaired) electrons. The second kappa shape index (κ2) is 7.99. The van der Waals surface area contributed by atoms with Crippen LogP contribution in [0.2, 0.25) is 0 Å². The maximum absolute atomic E-state index is 11.3. The van der Waals surface area contributed by atoms with Crippen molar-refractivity contribution in [1.29, 1.82) is 0 Å². The molecule has 2 atom stereocenters. The zero-order valence-electron chi connectivity index (χ0n) is 14.9. The highest BCUT2D eigenvalue weighted by Gasteiger charge is 2.26. The van der Waals surface area contributed by atoms with Gasteiger partial charge in [-0.3, -0.25) is 9.59 Å². The van der Waals surface area contributed by atoms with Gasteiger partial charge in [-0.2, -0.15) is 0 Å². The summed E-state index contributed by atoms with van der Waals surface area (Å²) < 4.78 is 0. The van der Waals surface area contributed by atoms with Gasteiger partial charge in [-0.1, -0.05) is 18.6 Å². The van der Waals surface area contributed by atoms with Crippen LogP contribution in [-0.2, 0) is 9.59 Å². The van der Waals surface area contributed by atoms with Gasteiger partial charge in [-0.15, -0.1) is 20.4 Å². The number of carbonyl (C=O) groups is 2. The van der Waals surface area contributed by atoms with Crippen LogP contribution in [0.3, 0.4) is 0 Å². The maximum Gasteiger partial charge on any atom is 0.221 e. The lowest BCUT2D eigenvalue weighted by atomic mass is 9.85. The summed E-state index contributed by atoms with van der Waals surface area (Å²) >= 11 is 0. The molecule has 8 nitrogen and oxygen atoms in total. The highest BCUT2D eigenvalue weighted by Crippen LogP contribution is 2.30. The van der Waals surface area contributed by atoms with E-state index in [0.717, 1.165) is 31.2 Å². The van der Waals surface area contributed by atoms with Crippen LogP contribution in [0.25, 0.3) is 11.4 Å². The largest absolute Gasteiger partial charge is 0.354 e. The summed E-state index contributed by atoms with van der Waals surface area (Å²) in [4.78, 5) is 22.4. The fourth-order valence-electron chi connectivity index (χ4n) is 3.30. The number of nitrogens with zero attached hydrogens (tertiary/aromatic N) is 4. The molecule has 2 aromatic rings. The fraction of sp³-hybridized carbons (Fsp3) is 0.444. The molecule has 0 spiro atoms. The molecule has 1 aromatic heterocycles. The minimum absolute atomic E-state index is 0.0118. The summed E-state index contributed by atoms with van der Waals surface area (Å²) in [6, 6.07) is 7.40. The second-order valence-corrected chi connectivity index (χ2v) is 6.60. The molecule has 136 valence electrons. The Kier molecular flexibility index (Phi) is 5.50. The number of anilines is 1. The number of hydrogen-bond donors (Lipinski definition) is 2. The summed E-state index contributed by atoms with van der Waals surface area (Å²) in [5.41, 5.74) is 1.41. The summed E-state index contributed by atoms with van der Waals surface area (Å²) in [7, 11) is 0. The lowest BCUT2D eigenvalue weighted by molar-refractivity contribution is -0.120. The van der Waals surface area contributed by atoms with Crippen molar-refractivity contribution in [2.24, 2.45) is 0 Å². The molecule has 1 aromatic carbocycles. The highest BCUT2D eigenvalue weighted by molar-refractivity contribution is 5.89. The van der Waals surface area contributed by atoms with E-state index in [1.54, 1.807) is 12.1 Å². The van der Waals surface area contributed by atoms with E-state index < -0.39 is 0 Å². The van der Waals surface area contributed by atoms with E-state index in [2.05, 4.69) is 31.0 Å². The first-order valence-corrected chi connectivity index (χ1v) is 8.73. The molecule has 1 aliphatic carbocycles. The average Bonchev–Trinajstić information content (AvgIpc) is 2.61. The number of hydrogen-bond acceptors (Lipinski definition) is 6. The van der Waals surface area contributed by atoms with Gasteiger partial charge in [0.15, 0.2) is 5.82 Å². The van der Waals surface area contributed by atoms with E-state index in [1.807, 2.05) is 12.1 Å². The Hall–Kier alpha value is -2.90. The minimum atomic E-state index is -0.138. The zero-order valence-corrected chi connectivity index (χ0v) is 14.9. The number of nitrogens with one attached hydrogen (secondary N) is 2. The van der Waals surface area contributed by atoms with Crippen molar-refractivity contribution in [2.75, 3.05) is 5.32 Å². The standard InChI is InChI=1S/C18H22N6O2/c1-11(25)19-15-7-3-5-13(9-15)17-21-23-18(24-22-17)14-6-4-8-16(10-14)20-12(2)26/h3,5,7,9,14,16H,4,6,8,10H2,1-2H3,(H,19,25)(H,20,26)/t14-,16+/m0/s1. The van der Waals surface area contributed by atoms with Crippen molar-refractivity contribution in [1.82, 2.24) is 25.7 Å². The predicted molar refractivity (Wildman–Crippen MR) is 96.2 cm³/mol. The molecule has 2 amide bonds. The molecule has 1 aliphatic rings. The fourth-order valence-corrected chi connectivity index (χ4v) is 3.30. The van der Waals surface area contributed by atoms with Crippen LogP contribution >= 0.6 is 0 Å². The van der Waals surface area contributed by atoms with Gasteiger partial charge >= 0.3 is 0 Å². The lowest BCUT2D eigenvalue weighted by Crippen LogP contribution is -2.36. The molecule has 8 heteroatoms. The average molecular weight is 354 g/mol. The van der Waals surface area contributed by atoms with Gasteiger partial charge in [-0.05, 0) is 31.4 Å². The van der Waals surface area contributed by atoms with Crippen molar-refractivity contribution in [3.8, 4) is 11.4 Å². The van der Waals surface area contributed by atoms with Crippen LogP contribution in [0.1, 0.15) is 51.3 Å². The van der Waals surface area contributed by atoms with Gasteiger partial charge in [0.1, 0.15) is 0 Å². The maximum atomic E-state index is 11.3. The summed E-state index contributed by atoms with van der Waals surface area (Å²) in [6.07, 6.45) is 3.77. The molecule has 0 saturated heterocycles. The summed E-state index contributed by atoms with van der Waals surface area (Å²) in [5, 5.41) is 22.6. The van der Waals surface area contributed by atoms with E-state index in [-0.39, 0.29) is 23.8 Å². The molecule has 3 rings (SSSR count). The van der Waals surface area contributed by atoms with Gasteiger partial charge in [-0.25, -0.2) is 0 Å². The third kappa shape index (κ3) is 4.59. The van der Waals surface area contributed by atoms with Crippen molar-refractivity contribution in [3.63, 3.8) is 0 Å². The third-order valence-corrected chi connectivity index (χ3v) is 4.38.